The van der Waals surface area contributed by atoms with Gasteiger partial charge in [-0.25, -0.2) is 43.2 Å². The molecule has 27 nitrogen and oxygen atoms in total. The van der Waals surface area contributed by atoms with E-state index < -0.39 is 97.2 Å². The molecule has 6 unspecified atom stereocenters. The Morgan fingerprint density at radius 2 is 0.628 bits per heavy atom. The van der Waals surface area contributed by atoms with E-state index >= 15 is 0 Å². The fourth-order valence-electron chi connectivity index (χ4n) is 5.82. The lowest BCUT2D eigenvalue weighted by molar-refractivity contribution is -0.146. The molecule has 0 aromatic heterocycles. The smallest absolute Gasteiger partial charge is 0.408 e. The molecule has 484 valence electrons. The van der Waals surface area contributed by atoms with Crippen LogP contribution in [-0.4, -0.2) is 170 Å². The van der Waals surface area contributed by atoms with E-state index in [-0.39, 0.29) is 104 Å². The fraction of sp³-hybridized carbons (Fsp3) is 0.542. The van der Waals surface area contributed by atoms with Crippen LogP contribution in [-0.2, 0) is 77.6 Å². The summed E-state index contributed by atoms with van der Waals surface area (Å²) < 4.78 is 62.7. The lowest BCUT2D eigenvalue weighted by Crippen LogP contribution is -2.40. The Morgan fingerprint density at radius 1 is 0.372 bits per heavy atom. The number of alkyl carbamates (subject to hydrolysis) is 6. The van der Waals surface area contributed by atoms with E-state index in [4.69, 9.17) is 56.8 Å². The summed E-state index contributed by atoms with van der Waals surface area (Å²) in [5.74, 6) is -1.92. The topological polar surface area (TPSA) is 337 Å². The van der Waals surface area contributed by atoms with Crippen LogP contribution in [0.4, 0.5) is 28.8 Å². The molecule has 2 aromatic carbocycles. The van der Waals surface area contributed by atoms with Crippen molar-refractivity contribution in [2.75, 3.05) is 72.9 Å². The van der Waals surface area contributed by atoms with Crippen LogP contribution in [0.3, 0.4) is 0 Å². The van der Waals surface area contributed by atoms with E-state index in [0.29, 0.717) is 0 Å². The Labute approximate surface area is 505 Å². The van der Waals surface area contributed by atoms with Crippen LogP contribution in [0, 0.1) is 13.8 Å². The zero-order valence-corrected chi connectivity index (χ0v) is 49.8. The highest BCUT2D eigenvalue weighted by Gasteiger charge is 2.20. The number of benzene rings is 2. The lowest BCUT2D eigenvalue weighted by Gasteiger charge is -2.23. The van der Waals surface area contributed by atoms with E-state index in [2.05, 4.69) is 114 Å². The number of amides is 6. The van der Waals surface area contributed by atoms with Gasteiger partial charge in [0.25, 0.3) is 0 Å². The minimum Gasteiger partial charge on any atom is -0.456 e. The van der Waals surface area contributed by atoms with Gasteiger partial charge in [-0.3, -0.25) is 0 Å². The van der Waals surface area contributed by atoms with Crippen molar-refractivity contribution in [3.8, 4) is 0 Å². The van der Waals surface area contributed by atoms with Crippen LogP contribution in [0.5, 0.6) is 0 Å². The first-order valence-corrected chi connectivity index (χ1v) is 26.6. The van der Waals surface area contributed by atoms with Crippen LogP contribution < -0.4 is 31.9 Å². The van der Waals surface area contributed by atoms with E-state index in [9.17, 15) is 43.2 Å². The van der Waals surface area contributed by atoms with E-state index in [1.54, 1.807) is 0 Å². The van der Waals surface area contributed by atoms with Crippen molar-refractivity contribution in [2.24, 2.45) is 0 Å². The predicted molar refractivity (Wildman–Crippen MR) is 316 cm³/mol. The summed E-state index contributed by atoms with van der Waals surface area (Å²) in [6, 6.07) is 17.5. The van der Waals surface area contributed by atoms with E-state index in [1.165, 1.54) is 84.6 Å². The number of hydrogen-bond donors (Lipinski definition) is 6. The third-order valence-corrected chi connectivity index (χ3v) is 10.2. The Kier molecular flexibility index (Phi) is 41.7. The van der Waals surface area contributed by atoms with Gasteiger partial charge in [0.15, 0.2) is 0 Å². The minimum atomic E-state index is -0.917. The Morgan fingerprint density at radius 3 is 0.907 bits per heavy atom. The van der Waals surface area contributed by atoms with E-state index in [1.807, 2.05) is 0 Å². The zero-order chi connectivity index (χ0) is 63.1. The molecular weight excluding hydrogens is 1130 g/mol. The van der Waals surface area contributed by atoms with Gasteiger partial charge in [0.1, 0.15) is 62.5 Å². The SMILES string of the molecule is C.C.C=C(C)C(=O)OC(C)COC(=O)NCNC(=O)OC(C)COCC(COCC(C)OC(=O)NCNC(=O)OCC(C)OC(=O)C(=C)C)OCC(C)OC(=O)NCNC(=O)OCC(C)OC(=O)C(=C)C.Cc1ccc(Cc2ccc(C)cc2)cc1. The summed E-state index contributed by atoms with van der Waals surface area (Å²) in [6.07, 6.45) is -9.90. The van der Waals surface area contributed by atoms with Crippen LogP contribution in [0.2, 0.25) is 0 Å². The maximum Gasteiger partial charge on any atom is 0.408 e. The molecule has 0 bridgehead atoms. The molecule has 0 aliphatic heterocycles. The fourth-order valence-corrected chi connectivity index (χ4v) is 5.82. The quantitative estimate of drug-likeness (QED) is 0.0171. The summed E-state index contributed by atoms with van der Waals surface area (Å²) in [5, 5.41) is 13.8. The van der Waals surface area contributed by atoms with Crippen molar-refractivity contribution in [1.29, 1.82) is 0 Å². The van der Waals surface area contributed by atoms with Gasteiger partial charge >= 0.3 is 54.5 Å². The van der Waals surface area contributed by atoms with Crippen molar-refractivity contribution < 1.29 is 100.0 Å². The summed E-state index contributed by atoms with van der Waals surface area (Å²) in [5.41, 5.74) is 5.95. The van der Waals surface area contributed by atoms with Crippen LogP contribution >= 0.6 is 0 Å². The van der Waals surface area contributed by atoms with Gasteiger partial charge in [-0.2, -0.15) is 0 Å². The van der Waals surface area contributed by atoms with Gasteiger partial charge in [-0.15, -0.1) is 0 Å². The first kappa shape index (κ1) is 79.6. The molecule has 0 saturated heterocycles. The van der Waals surface area contributed by atoms with Crippen molar-refractivity contribution >= 4 is 54.5 Å². The number of hydrogen-bond acceptors (Lipinski definition) is 21. The van der Waals surface area contributed by atoms with Crippen LogP contribution in [0.1, 0.15) is 99.4 Å². The number of aryl methyl sites for hydroxylation is 2. The van der Waals surface area contributed by atoms with Gasteiger partial charge in [0.05, 0.1) is 53.0 Å². The monoisotopic (exact) mass is 1220 g/mol. The molecule has 0 heterocycles. The van der Waals surface area contributed by atoms with Gasteiger partial charge in [0.2, 0.25) is 0 Å². The second-order valence-electron chi connectivity index (χ2n) is 19.2. The number of carbonyl (C=O) groups is 9. The molecule has 6 atom stereocenters. The third-order valence-electron chi connectivity index (χ3n) is 10.2. The molecule has 6 amide bonds. The summed E-state index contributed by atoms with van der Waals surface area (Å²) in [6.45, 7) is 25.6. The first-order chi connectivity index (χ1) is 39.6. The van der Waals surface area contributed by atoms with Crippen molar-refractivity contribution in [2.45, 2.75) is 140 Å². The second-order valence-corrected chi connectivity index (χ2v) is 19.2. The molecule has 0 spiro atoms. The highest BCUT2D eigenvalue weighted by molar-refractivity contribution is 5.88. The average Bonchev–Trinajstić information content (AvgIpc) is 3.43. The average molecular weight is 1220 g/mol. The predicted octanol–water partition coefficient (Wildman–Crippen LogP) is 7.49. The second kappa shape index (κ2) is 45.0. The number of nitrogens with one attached hydrogen (secondary N) is 6. The molecule has 6 N–H and O–H groups in total. The van der Waals surface area contributed by atoms with Crippen molar-refractivity contribution in [1.82, 2.24) is 31.9 Å². The molecule has 0 radical (unpaired) electrons. The standard InChI is InChI=1S/C42H68N6O21.C15H16.2CH4/c1-24(2)34(49)64-29(9)16-61-37(52)43-21-46-40(55)67-27(7)13-58-19-33(60-15-32(12)69-42(57)48-23-45-39(54)63-18-31(11)66-36(51)26(5)6)20-59-14-28(8)68-41(56)47-22-44-38(53)62-17-30(10)65-35(50)25(3)4;1-12-3-7-14(8-4-12)11-15-9-5-13(2)6-10-15;;/h27-33H,1,3,5,13-23H2,2,4,6-12H3,(H,43,52)(H,44,53)(H,45,54)(H,46,55)(H,47,56)(H,48,57);3-10H,11H2,1-2H3;2*1H4. The molecule has 86 heavy (non-hydrogen) atoms. The maximum atomic E-state index is 12.3. The number of rotatable bonds is 34. The highest BCUT2D eigenvalue weighted by Crippen LogP contribution is 2.12. The highest BCUT2D eigenvalue weighted by atomic mass is 16.6. The molecular formula is C59H92N6O21. The number of ether oxygens (including phenoxy) is 12. The normalized spacial score (nSPS) is 12.6. The van der Waals surface area contributed by atoms with Gasteiger partial charge in [-0.05, 0) is 93.7 Å². The van der Waals surface area contributed by atoms with Crippen molar-refractivity contribution in [3.05, 3.63) is 107 Å². The molecule has 0 aliphatic rings. The minimum absolute atomic E-state index is 0. The van der Waals surface area contributed by atoms with Gasteiger partial charge < -0.3 is 88.7 Å². The molecule has 0 fully saturated rings. The van der Waals surface area contributed by atoms with Crippen molar-refractivity contribution in [3.63, 3.8) is 0 Å². The Bertz CT molecular complexity index is 2310. The van der Waals surface area contributed by atoms with Gasteiger partial charge in [0, 0.05) is 16.7 Å². The molecule has 2 rings (SSSR count). The number of carbonyl (C=O) groups excluding carboxylic acids is 9. The van der Waals surface area contributed by atoms with Gasteiger partial charge in [-0.1, -0.05) is 94.2 Å². The Hall–Kier alpha value is -8.43. The Balaban J connectivity index is 0. The summed E-state index contributed by atoms with van der Waals surface area (Å²) in [7, 11) is 0. The van der Waals surface area contributed by atoms with Crippen LogP contribution in [0.25, 0.3) is 0 Å². The maximum absolute atomic E-state index is 12.3. The molecule has 27 heteroatoms. The molecule has 0 aliphatic carbocycles. The van der Waals surface area contributed by atoms with Crippen LogP contribution in [0.15, 0.2) is 85.0 Å². The molecule has 0 saturated carbocycles. The lowest BCUT2D eigenvalue weighted by atomic mass is 10.0. The zero-order valence-electron chi connectivity index (χ0n) is 49.8. The molecule has 2 aromatic rings. The van der Waals surface area contributed by atoms with E-state index in [0.717, 1.165) is 6.42 Å². The first-order valence-electron chi connectivity index (χ1n) is 26.6. The summed E-state index contributed by atoms with van der Waals surface area (Å²) >= 11 is 0. The third kappa shape index (κ3) is 40.7. The summed E-state index contributed by atoms with van der Waals surface area (Å²) in [4.78, 5) is 107. The largest absolute Gasteiger partial charge is 0.456 e. The number of esters is 3.